The molecule has 6 nitrogen and oxygen atoms in total. The van der Waals surface area contributed by atoms with Gasteiger partial charge < -0.3 is 20.0 Å². The van der Waals surface area contributed by atoms with Gasteiger partial charge in [-0.3, -0.25) is 0 Å². The highest BCUT2D eigenvalue weighted by Crippen LogP contribution is 2.33. The topological polar surface area (TPSA) is 78.8 Å². The number of rotatable bonds is 3. The summed E-state index contributed by atoms with van der Waals surface area (Å²) < 4.78 is 5.46. The van der Waals surface area contributed by atoms with Gasteiger partial charge >= 0.3 is 0 Å². The molecule has 0 aliphatic carbocycles. The molecule has 3 N–H and O–H groups in total. The molecule has 0 radical (unpaired) electrons. The van der Waals surface area contributed by atoms with E-state index in [1.165, 1.54) is 6.42 Å². The summed E-state index contributed by atoms with van der Waals surface area (Å²) in [4.78, 5) is 11.9. The van der Waals surface area contributed by atoms with E-state index in [4.69, 9.17) is 4.42 Å². The van der Waals surface area contributed by atoms with Crippen LogP contribution in [0.5, 0.6) is 0 Å². The number of H-pyrrole nitrogens is 1. The van der Waals surface area contributed by atoms with Gasteiger partial charge in [0, 0.05) is 30.4 Å². The fourth-order valence-electron chi connectivity index (χ4n) is 2.86. The number of aromatic amines is 1. The van der Waals surface area contributed by atoms with E-state index in [9.17, 15) is 0 Å². The van der Waals surface area contributed by atoms with E-state index >= 15 is 0 Å². The number of pyridine rings is 1. The van der Waals surface area contributed by atoms with Crippen LogP contribution in [-0.2, 0) is 0 Å². The van der Waals surface area contributed by atoms with Gasteiger partial charge in [-0.2, -0.15) is 0 Å². The van der Waals surface area contributed by atoms with Crippen molar-refractivity contribution < 1.29 is 4.42 Å². The third-order valence-electron chi connectivity index (χ3n) is 3.89. The zero-order valence-electron chi connectivity index (χ0n) is 11.6. The van der Waals surface area contributed by atoms with E-state index in [1.807, 2.05) is 18.5 Å². The van der Waals surface area contributed by atoms with Crippen LogP contribution in [0.3, 0.4) is 0 Å². The number of anilines is 1. The van der Waals surface area contributed by atoms with E-state index in [-0.39, 0.29) is 0 Å². The molecule has 108 valence electrons. The highest BCUT2D eigenvalue weighted by atomic mass is 16.3. The van der Waals surface area contributed by atoms with Gasteiger partial charge in [0.25, 0.3) is 0 Å². The van der Waals surface area contributed by atoms with Crippen molar-refractivity contribution in [1.82, 2.24) is 20.3 Å². The van der Waals surface area contributed by atoms with Crippen LogP contribution in [0.4, 0.5) is 5.69 Å². The number of aromatic nitrogens is 3. The fourth-order valence-corrected chi connectivity index (χ4v) is 2.86. The van der Waals surface area contributed by atoms with E-state index in [0.29, 0.717) is 11.9 Å². The maximum absolute atomic E-state index is 5.46. The summed E-state index contributed by atoms with van der Waals surface area (Å²) >= 11 is 0. The van der Waals surface area contributed by atoms with Crippen LogP contribution in [0, 0.1) is 0 Å². The minimum Gasteiger partial charge on any atom is -0.444 e. The lowest BCUT2D eigenvalue weighted by atomic mass is 10.1. The molecule has 3 aromatic rings. The van der Waals surface area contributed by atoms with Gasteiger partial charge in [0.15, 0.2) is 0 Å². The molecule has 1 fully saturated rings. The Hall–Kier alpha value is -2.34. The molecule has 4 rings (SSSR count). The molecule has 0 amide bonds. The van der Waals surface area contributed by atoms with Crippen molar-refractivity contribution >= 4 is 16.7 Å². The minimum atomic E-state index is 0.410. The third-order valence-corrected chi connectivity index (χ3v) is 3.89. The Balaban J connectivity index is 1.79. The summed E-state index contributed by atoms with van der Waals surface area (Å²) in [5.41, 5.74) is 2.81. The molecule has 0 spiro atoms. The second kappa shape index (κ2) is 5.21. The number of piperidine rings is 1. The standard InChI is InChI=1S/C15H17N5O/c1-2-10(8-16-4-1)20-13-11-3-5-17-14(11)19-9-12(13)15-18-6-7-21-15/h3,5-7,9-10,16H,1-2,4,8H2,(H2,17,19,20)/t10-/m1/s1. The summed E-state index contributed by atoms with van der Waals surface area (Å²) in [6.07, 6.45) is 9.30. The van der Waals surface area contributed by atoms with Gasteiger partial charge in [-0.15, -0.1) is 0 Å². The second-order valence-corrected chi connectivity index (χ2v) is 5.31. The van der Waals surface area contributed by atoms with Gasteiger partial charge in [0.2, 0.25) is 5.89 Å². The predicted molar refractivity (Wildman–Crippen MR) is 81.1 cm³/mol. The maximum atomic E-state index is 5.46. The van der Waals surface area contributed by atoms with E-state index < -0.39 is 0 Å². The molecule has 4 heterocycles. The molecule has 0 saturated carbocycles. The van der Waals surface area contributed by atoms with Crippen molar-refractivity contribution in [3.05, 3.63) is 30.9 Å². The normalized spacial score (nSPS) is 19.0. The van der Waals surface area contributed by atoms with Crippen LogP contribution in [-0.4, -0.2) is 34.1 Å². The van der Waals surface area contributed by atoms with E-state index in [0.717, 1.165) is 41.8 Å². The fraction of sp³-hybridized carbons (Fsp3) is 0.333. The SMILES string of the molecule is c1coc(-c2cnc3[nH]ccc3c2N[C@@H]2CCCNC2)n1. The Morgan fingerprint density at radius 3 is 3.14 bits per heavy atom. The molecule has 1 atom stereocenters. The smallest absolute Gasteiger partial charge is 0.229 e. The summed E-state index contributed by atoms with van der Waals surface area (Å²) in [6, 6.07) is 2.45. The maximum Gasteiger partial charge on any atom is 0.229 e. The van der Waals surface area contributed by atoms with Crippen molar-refractivity contribution in [2.75, 3.05) is 18.4 Å². The summed E-state index contributed by atoms with van der Waals surface area (Å²) in [6.45, 7) is 2.07. The quantitative estimate of drug-likeness (QED) is 0.688. The first-order valence-corrected chi connectivity index (χ1v) is 7.25. The van der Waals surface area contributed by atoms with Crippen molar-refractivity contribution in [1.29, 1.82) is 0 Å². The van der Waals surface area contributed by atoms with Crippen molar-refractivity contribution in [3.63, 3.8) is 0 Å². The third kappa shape index (κ3) is 2.27. The molecule has 6 heteroatoms. The number of hydrogen-bond acceptors (Lipinski definition) is 5. The molecule has 1 aliphatic heterocycles. The molecule has 0 aromatic carbocycles. The highest BCUT2D eigenvalue weighted by molar-refractivity contribution is 5.97. The predicted octanol–water partition coefficient (Wildman–Crippen LogP) is 2.38. The number of fused-ring (bicyclic) bond motifs is 1. The lowest BCUT2D eigenvalue weighted by Crippen LogP contribution is -2.38. The minimum absolute atomic E-state index is 0.410. The molecule has 1 aliphatic rings. The molecule has 21 heavy (non-hydrogen) atoms. The van der Waals surface area contributed by atoms with Crippen molar-refractivity contribution in [2.24, 2.45) is 0 Å². The largest absolute Gasteiger partial charge is 0.444 e. The lowest BCUT2D eigenvalue weighted by Gasteiger charge is -2.26. The monoisotopic (exact) mass is 283 g/mol. The van der Waals surface area contributed by atoms with Gasteiger partial charge in [-0.1, -0.05) is 0 Å². The van der Waals surface area contributed by atoms with E-state index in [2.05, 4.69) is 25.6 Å². The number of oxazole rings is 1. The van der Waals surface area contributed by atoms with Gasteiger partial charge in [0.05, 0.1) is 17.4 Å². The lowest BCUT2D eigenvalue weighted by molar-refractivity contribution is 0.480. The Labute approximate surface area is 122 Å². The van der Waals surface area contributed by atoms with E-state index in [1.54, 1.807) is 12.5 Å². The highest BCUT2D eigenvalue weighted by Gasteiger charge is 2.19. The van der Waals surface area contributed by atoms with Crippen LogP contribution in [0.1, 0.15) is 12.8 Å². The molecular weight excluding hydrogens is 266 g/mol. The summed E-state index contributed by atoms with van der Waals surface area (Å²) in [5.74, 6) is 0.594. The van der Waals surface area contributed by atoms with Crippen LogP contribution in [0.25, 0.3) is 22.5 Å². The molecule has 3 aromatic heterocycles. The van der Waals surface area contributed by atoms with Crippen LogP contribution in [0.15, 0.2) is 35.3 Å². The second-order valence-electron chi connectivity index (χ2n) is 5.31. The number of nitrogens with one attached hydrogen (secondary N) is 3. The average Bonchev–Trinajstić information content (AvgIpc) is 3.20. The number of nitrogens with zero attached hydrogens (tertiary/aromatic N) is 2. The first-order valence-electron chi connectivity index (χ1n) is 7.25. The molecule has 0 bridgehead atoms. The summed E-state index contributed by atoms with van der Waals surface area (Å²) in [5, 5.41) is 8.14. The number of hydrogen-bond donors (Lipinski definition) is 3. The van der Waals surface area contributed by atoms with Crippen LogP contribution in [0.2, 0.25) is 0 Å². The van der Waals surface area contributed by atoms with Gasteiger partial charge in [-0.25, -0.2) is 9.97 Å². The molecule has 1 saturated heterocycles. The first kappa shape index (κ1) is 12.4. The summed E-state index contributed by atoms with van der Waals surface area (Å²) in [7, 11) is 0. The van der Waals surface area contributed by atoms with Crippen molar-refractivity contribution in [3.8, 4) is 11.5 Å². The molecule has 0 unspecified atom stereocenters. The van der Waals surface area contributed by atoms with Crippen LogP contribution >= 0.6 is 0 Å². The average molecular weight is 283 g/mol. The molecular formula is C15H17N5O. The van der Waals surface area contributed by atoms with Gasteiger partial charge in [0.1, 0.15) is 11.9 Å². The Morgan fingerprint density at radius 2 is 2.33 bits per heavy atom. The zero-order chi connectivity index (χ0) is 14.1. The van der Waals surface area contributed by atoms with Crippen LogP contribution < -0.4 is 10.6 Å². The van der Waals surface area contributed by atoms with Crippen molar-refractivity contribution in [2.45, 2.75) is 18.9 Å². The Bertz CT molecular complexity index is 728. The Kier molecular flexibility index (Phi) is 3.08. The zero-order valence-corrected chi connectivity index (χ0v) is 11.6. The Morgan fingerprint density at radius 1 is 1.33 bits per heavy atom. The van der Waals surface area contributed by atoms with Gasteiger partial charge in [-0.05, 0) is 25.5 Å². The first-order chi connectivity index (χ1) is 10.4.